The lowest BCUT2D eigenvalue weighted by atomic mass is 9.72. The zero-order valence-corrected chi connectivity index (χ0v) is 14.6. The maximum Gasteiger partial charge on any atom is 0.327 e. The van der Waals surface area contributed by atoms with Crippen LogP contribution in [0.1, 0.15) is 25.5 Å². The van der Waals surface area contributed by atoms with Crippen molar-refractivity contribution in [2.24, 2.45) is 17.8 Å². The van der Waals surface area contributed by atoms with Gasteiger partial charge in [0.25, 0.3) is 0 Å². The topological polar surface area (TPSA) is 66.9 Å². The van der Waals surface area contributed by atoms with Crippen LogP contribution in [0, 0.1) is 17.8 Å². The van der Waals surface area contributed by atoms with E-state index in [4.69, 9.17) is 4.74 Å². The molecule has 0 aromatic heterocycles. The zero-order valence-electron chi connectivity index (χ0n) is 14.6. The van der Waals surface area contributed by atoms with Gasteiger partial charge in [-0.15, -0.1) is 0 Å². The van der Waals surface area contributed by atoms with Crippen LogP contribution in [0.4, 0.5) is 0 Å². The summed E-state index contributed by atoms with van der Waals surface area (Å²) >= 11 is 0. The summed E-state index contributed by atoms with van der Waals surface area (Å²) in [5, 5.41) is 0. The number of fused-ring (bicyclic) bond motifs is 3. The fraction of sp³-hybridized carbons (Fsp3) is 0.526. The van der Waals surface area contributed by atoms with Gasteiger partial charge in [-0.25, -0.2) is 0 Å². The summed E-state index contributed by atoms with van der Waals surface area (Å²) in [7, 11) is 1.50. The van der Waals surface area contributed by atoms with Gasteiger partial charge >= 0.3 is 5.97 Å². The molecule has 3 fully saturated rings. The third kappa shape index (κ3) is 1.91. The first-order valence-corrected chi connectivity index (χ1v) is 8.71. The van der Waals surface area contributed by atoms with Crippen molar-refractivity contribution in [3.63, 3.8) is 0 Å². The number of rotatable bonds is 2. The lowest BCUT2D eigenvalue weighted by molar-refractivity contribution is -0.183. The molecule has 0 spiro atoms. The first kappa shape index (κ1) is 16.3. The second-order valence-electron chi connectivity index (χ2n) is 7.48. The van der Waals surface area contributed by atoms with Gasteiger partial charge in [-0.1, -0.05) is 44.2 Å². The van der Waals surface area contributed by atoms with Gasteiger partial charge in [-0.3, -0.25) is 24.2 Å². The van der Waals surface area contributed by atoms with Crippen LogP contribution in [-0.2, 0) is 19.1 Å². The molecule has 3 aliphatic rings. The van der Waals surface area contributed by atoms with Crippen molar-refractivity contribution in [1.82, 2.24) is 9.80 Å². The largest absolute Gasteiger partial charge is 0.462 e. The van der Waals surface area contributed by atoms with E-state index in [2.05, 4.69) is 4.90 Å². The molecule has 25 heavy (non-hydrogen) atoms. The SMILES string of the molecule is CC(C)[C@@]12C(=O)OC[C@@H](c3ccccc3)N1C[C@@H]1C(=O)N(C)C(=O)[C@@H]12. The molecule has 0 saturated carbocycles. The van der Waals surface area contributed by atoms with Crippen molar-refractivity contribution < 1.29 is 19.1 Å². The van der Waals surface area contributed by atoms with Crippen LogP contribution in [0.15, 0.2) is 30.3 Å². The Balaban J connectivity index is 1.86. The number of carbonyl (C=O) groups excluding carboxylic acids is 3. The first-order chi connectivity index (χ1) is 11.9. The van der Waals surface area contributed by atoms with Crippen molar-refractivity contribution in [2.75, 3.05) is 20.2 Å². The summed E-state index contributed by atoms with van der Waals surface area (Å²) < 4.78 is 5.59. The van der Waals surface area contributed by atoms with E-state index in [0.717, 1.165) is 5.56 Å². The molecule has 3 aliphatic heterocycles. The van der Waals surface area contributed by atoms with Crippen molar-refractivity contribution in [3.8, 4) is 0 Å². The monoisotopic (exact) mass is 342 g/mol. The minimum Gasteiger partial charge on any atom is -0.462 e. The molecule has 0 bridgehead atoms. The van der Waals surface area contributed by atoms with Crippen LogP contribution >= 0.6 is 0 Å². The van der Waals surface area contributed by atoms with Crippen LogP contribution in [0.25, 0.3) is 0 Å². The average molecular weight is 342 g/mol. The minimum atomic E-state index is -1.08. The molecule has 0 radical (unpaired) electrons. The Morgan fingerprint density at radius 1 is 1.12 bits per heavy atom. The Labute approximate surface area is 146 Å². The number of carbonyl (C=O) groups is 3. The highest BCUT2D eigenvalue weighted by Gasteiger charge is 2.71. The molecular formula is C19H22N2O4. The maximum atomic E-state index is 13.0. The molecule has 4 atom stereocenters. The molecule has 1 aromatic rings. The number of nitrogens with zero attached hydrogens (tertiary/aromatic N) is 2. The van der Waals surface area contributed by atoms with Gasteiger partial charge in [0.1, 0.15) is 12.1 Å². The smallest absolute Gasteiger partial charge is 0.327 e. The van der Waals surface area contributed by atoms with Gasteiger partial charge in [-0.05, 0) is 11.5 Å². The van der Waals surface area contributed by atoms with Crippen LogP contribution < -0.4 is 0 Å². The van der Waals surface area contributed by atoms with Gasteiger partial charge < -0.3 is 4.74 Å². The minimum absolute atomic E-state index is 0.141. The molecule has 0 unspecified atom stereocenters. The van der Waals surface area contributed by atoms with E-state index in [-0.39, 0.29) is 36.4 Å². The molecule has 132 valence electrons. The second kappa shape index (κ2) is 5.39. The Morgan fingerprint density at radius 3 is 2.44 bits per heavy atom. The Morgan fingerprint density at radius 2 is 1.80 bits per heavy atom. The highest BCUT2D eigenvalue weighted by molar-refractivity contribution is 6.09. The van der Waals surface area contributed by atoms with E-state index in [9.17, 15) is 14.4 Å². The van der Waals surface area contributed by atoms with Gasteiger partial charge in [-0.2, -0.15) is 0 Å². The standard InChI is InChI=1S/C19H22N2O4/c1-11(2)19-15-13(16(22)20(3)17(15)23)9-21(19)14(10-25-18(19)24)12-7-5-4-6-8-12/h4-8,11,13-15H,9-10H2,1-3H3/t13-,14-,15+,19+/m0/s1. The van der Waals surface area contributed by atoms with Crippen LogP contribution in [0.5, 0.6) is 0 Å². The lowest BCUT2D eigenvalue weighted by Crippen LogP contribution is -2.65. The van der Waals surface area contributed by atoms with E-state index < -0.39 is 17.4 Å². The van der Waals surface area contributed by atoms with Crippen LogP contribution in [-0.4, -0.2) is 53.3 Å². The lowest BCUT2D eigenvalue weighted by Gasteiger charge is -2.49. The number of morpholine rings is 1. The molecule has 0 N–H and O–H groups in total. The van der Waals surface area contributed by atoms with Crippen molar-refractivity contribution in [1.29, 1.82) is 0 Å². The Hall–Kier alpha value is -2.21. The molecule has 3 saturated heterocycles. The molecule has 6 nitrogen and oxygen atoms in total. The summed E-state index contributed by atoms with van der Waals surface area (Å²) in [4.78, 5) is 41.6. The van der Waals surface area contributed by atoms with Gasteiger partial charge in [0.15, 0.2) is 0 Å². The Bertz CT molecular complexity index is 747. The molecular weight excluding hydrogens is 320 g/mol. The van der Waals surface area contributed by atoms with E-state index in [1.54, 1.807) is 0 Å². The number of esters is 1. The van der Waals surface area contributed by atoms with Crippen molar-refractivity contribution >= 4 is 17.8 Å². The maximum absolute atomic E-state index is 13.0. The molecule has 2 amide bonds. The van der Waals surface area contributed by atoms with Crippen molar-refractivity contribution in [2.45, 2.75) is 25.4 Å². The molecule has 0 aliphatic carbocycles. The number of benzene rings is 1. The number of cyclic esters (lactones) is 1. The van der Waals surface area contributed by atoms with Crippen LogP contribution in [0.2, 0.25) is 0 Å². The van der Waals surface area contributed by atoms with E-state index in [1.807, 2.05) is 44.2 Å². The quantitative estimate of drug-likeness (QED) is 0.597. The van der Waals surface area contributed by atoms with E-state index >= 15 is 0 Å². The Kier molecular flexibility index (Phi) is 3.51. The summed E-state index contributed by atoms with van der Waals surface area (Å²) in [5.74, 6) is -2.12. The number of likely N-dealkylation sites (tertiary alicyclic amines) is 1. The molecule has 3 heterocycles. The first-order valence-electron chi connectivity index (χ1n) is 8.71. The number of amides is 2. The summed E-state index contributed by atoms with van der Waals surface area (Å²) in [5.41, 5.74) is -0.0470. The average Bonchev–Trinajstić information content (AvgIpc) is 3.07. The third-order valence-electron chi connectivity index (χ3n) is 6.13. The van der Waals surface area contributed by atoms with E-state index in [1.165, 1.54) is 11.9 Å². The molecule has 1 aromatic carbocycles. The fourth-order valence-electron chi connectivity index (χ4n) is 4.97. The number of imide groups is 1. The van der Waals surface area contributed by atoms with Gasteiger partial charge in [0.05, 0.1) is 17.9 Å². The summed E-state index contributed by atoms with van der Waals surface area (Å²) in [6.07, 6.45) is 0. The van der Waals surface area contributed by atoms with Crippen molar-refractivity contribution in [3.05, 3.63) is 35.9 Å². The fourth-order valence-corrected chi connectivity index (χ4v) is 4.97. The zero-order chi connectivity index (χ0) is 17.9. The predicted molar refractivity (Wildman–Crippen MR) is 89.2 cm³/mol. The second-order valence-corrected chi connectivity index (χ2v) is 7.48. The number of hydrogen-bond acceptors (Lipinski definition) is 5. The number of ether oxygens (including phenoxy) is 1. The van der Waals surface area contributed by atoms with E-state index in [0.29, 0.717) is 6.54 Å². The summed E-state index contributed by atoms with van der Waals surface area (Å²) in [6.45, 7) is 4.52. The molecule has 6 heteroatoms. The molecule has 4 rings (SSSR count). The highest BCUT2D eigenvalue weighted by atomic mass is 16.5. The summed E-state index contributed by atoms with van der Waals surface area (Å²) in [6, 6.07) is 9.69. The van der Waals surface area contributed by atoms with Gasteiger partial charge in [0.2, 0.25) is 11.8 Å². The third-order valence-corrected chi connectivity index (χ3v) is 6.13. The van der Waals surface area contributed by atoms with Gasteiger partial charge in [0, 0.05) is 13.6 Å². The van der Waals surface area contributed by atoms with Crippen LogP contribution in [0.3, 0.4) is 0 Å². The normalized spacial score (nSPS) is 35.1. The highest BCUT2D eigenvalue weighted by Crippen LogP contribution is 2.54. The predicted octanol–water partition coefficient (Wildman–Crippen LogP) is 1.23. The number of hydrogen-bond donors (Lipinski definition) is 0.